The van der Waals surface area contributed by atoms with Crippen molar-refractivity contribution in [3.63, 3.8) is 0 Å². The molecule has 4 rings (SSSR count). The number of anilines is 1. The third-order valence-corrected chi connectivity index (χ3v) is 6.20. The molecular formula is C22H27F3N4O. The van der Waals surface area contributed by atoms with Gasteiger partial charge in [-0.1, -0.05) is 6.07 Å². The van der Waals surface area contributed by atoms with Crippen LogP contribution in [0.25, 0.3) is 0 Å². The second kappa shape index (κ2) is 8.34. The molecule has 0 aliphatic carbocycles. The van der Waals surface area contributed by atoms with Crippen LogP contribution in [0.15, 0.2) is 42.6 Å². The minimum atomic E-state index is -4.35. The van der Waals surface area contributed by atoms with Gasteiger partial charge in [0.2, 0.25) is 5.91 Å². The largest absolute Gasteiger partial charge is 0.416 e. The van der Waals surface area contributed by atoms with Crippen LogP contribution < -0.4 is 4.90 Å². The van der Waals surface area contributed by atoms with Crippen molar-refractivity contribution in [3.8, 4) is 0 Å². The number of hydrogen-bond donors (Lipinski definition) is 0. The Morgan fingerprint density at radius 2 is 1.83 bits per heavy atom. The normalized spacial score (nSPS) is 20.7. The van der Waals surface area contributed by atoms with E-state index in [0.29, 0.717) is 38.4 Å². The molecule has 1 amide bonds. The predicted octanol–water partition coefficient (Wildman–Crippen LogP) is 3.53. The molecule has 0 N–H and O–H groups in total. The van der Waals surface area contributed by atoms with Gasteiger partial charge in [0.05, 0.1) is 18.2 Å². The summed E-state index contributed by atoms with van der Waals surface area (Å²) in [5, 5.41) is 0. The van der Waals surface area contributed by atoms with Crippen molar-refractivity contribution in [2.24, 2.45) is 7.05 Å². The molecule has 8 heteroatoms. The smallest absolute Gasteiger partial charge is 0.368 e. The molecule has 2 saturated heterocycles. The minimum absolute atomic E-state index is 0.0970. The maximum Gasteiger partial charge on any atom is 0.416 e. The van der Waals surface area contributed by atoms with Crippen LogP contribution >= 0.6 is 0 Å². The molecule has 0 radical (unpaired) electrons. The van der Waals surface area contributed by atoms with Crippen molar-refractivity contribution < 1.29 is 18.0 Å². The van der Waals surface area contributed by atoms with Gasteiger partial charge in [-0.05, 0) is 49.7 Å². The number of carbonyl (C=O) groups excluding carboxylic acids is 1. The highest BCUT2D eigenvalue weighted by atomic mass is 19.4. The standard InChI is InChI=1S/C22H27F3N4O/c1-26-9-3-7-19(26)20-8-4-10-29(20)16-21(30)28-13-11-27(12-14-28)18-6-2-5-17(15-18)22(23,24)25/h2-3,5-7,9,15,20H,4,8,10-14,16H2,1H3/t20-/m0/s1. The number of benzene rings is 1. The van der Waals surface area contributed by atoms with E-state index in [0.717, 1.165) is 25.5 Å². The number of alkyl halides is 3. The zero-order valence-corrected chi connectivity index (χ0v) is 17.1. The molecule has 2 aliphatic rings. The average molecular weight is 420 g/mol. The number of nitrogens with zero attached hydrogens (tertiary/aromatic N) is 4. The lowest BCUT2D eigenvalue weighted by molar-refractivity contribution is -0.137. The first kappa shape index (κ1) is 20.8. The number of rotatable bonds is 4. The number of carbonyl (C=O) groups is 1. The summed E-state index contributed by atoms with van der Waals surface area (Å²) in [5.74, 6) is 0.0970. The lowest BCUT2D eigenvalue weighted by Gasteiger charge is -2.37. The minimum Gasteiger partial charge on any atom is -0.368 e. The van der Waals surface area contributed by atoms with Gasteiger partial charge in [0.15, 0.2) is 0 Å². The fraction of sp³-hybridized carbons (Fsp3) is 0.500. The second-order valence-electron chi connectivity index (χ2n) is 8.09. The Labute approximate surface area is 174 Å². The monoisotopic (exact) mass is 420 g/mol. The summed E-state index contributed by atoms with van der Waals surface area (Å²) in [5.41, 5.74) is 1.15. The maximum absolute atomic E-state index is 13.0. The number of aryl methyl sites for hydroxylation is 1. The molecule has 2 fully saturated rings. The molecule has 1 aromatic carbocycles. The van der Waals surface area contributed by atoms with Crippen molar-refractivity contribution in [1.29, 1.82) is 0 Å². The van der Waals surface area contributed by atoms with Crippen LogP contribution in [-0.4, -0.2) is 59.5 Å². The summed E-state index contributed by atoms with van der Waals surface area (Å²) in [6.45, 7) is 3.42. The Balaban J connectivity index is 1.34. The molecule has 0 bridgehead atoms. The lowest BCUT2D eigenvalue weighted by atomic mass is 10.1. The quantitative estimate of drug-likeness (QED) is 0.759. The average Bonchev–Trinajstić information content (AvgIpc) is 3.36. The van der Waals surface area contributed by atoms with Crippen LogP contribution in [0, 0.1) is 0 Å². The van der Waals surface area contributed by atoms with Crippen LogP contribution in [0.3, 0.4) is 0 Å². The summed E-state index contributed by atoms with van der Waals surface area (Å²) in [7, 11) is 2.03. The second-order valence-corrected chi connectivity index (χ2v) is 8.09. The van der Waals surface area contributed by atoms with E-state index in [9.17, 15) is 18.0 Å². The summed E-state index contributed by atoms with van der Waals surface area (Å²) in [6.07, 6.45) is -0.194. The molecule has 1 aromatic heterocycles. The highest BCUT2D eigenvalue weighted by Crippen LogP contribution is 2.33. The summed E-state index contributed by atoms with van der Waals surface area (Å²) in [6, 6.07) is 9.81. The number of amides is 1. The Morgan fingerprint density at radius 1 is 1.07 bits per heavy atom. The Hall–Kier alpha value is -2.48. The van der Waals surface area contributed by atoms with Crippen molar-refractivity contribution in [2.75, 3.05) is 44.2 Å². The molecule has 1 atom stereocenters. The van der Waals surface area contributed by atoms with Gasteiger partial charge in [0.25, 0.3) is 0 Å². The SMILES string of the molecule is Cn1cccc1[C@@H]1CCCN1CC(=O)N1CCN(c2cccc(C(F)(F)F)c2)CC1. The van der Waals surface area contributed by atoms with Gasteiger partial charge in [0.1, 0.15) is 0 Å². The summed E-state index contributed by atoms with van der Waals surface area (Å²) in [4.78, 5) is 18.9. The van der Waals surface area contributed by atoms with Crippen LogP contribution in [0.1, 0.15) is 30.1 Å². The Bertz CT molecular complexity index is 887. The van der Waals surface area contributed by atoms with E-state index in [1.54, 1.807) is 6.07 Å². The molecule has 2 aliphatic heterocycles. The molecule has 0 spiro atoms. The van der Waals surface area contributed by atoms with Crippen LogP contribution in [0.4, 0.5) is 18.9 Å². The highest BCUT2D eigenvalue weighted by Gasteiger charge is 2.33. The summed E-state index contributed by atoms with van der Waals surface area (Å²) >= 11 is 0. The Morgan fingerprint density at radius 3 is 2.50 bits per heavy atom. The third kappa shape index (κ3) is 4.33. The maximum atomic E-state index is 13.0. The fourth-order valence-electron chi connectivity index (χ4n) is 4.54. The van der Waals surface area contributed by atoms with Gasteiger partial charge in [-0.3, -0.25) is 9.69 Å². The van der Waals surface area contributed by atoms with Gasteiger partial charge in [-0.2, -0.15) is 13.2 Å². The van der Waals surface area contributed by atoms with Crippen molar-refractivity contribution >= 4 is 11.6 Å². The number of hydrogen-bond acceptors (Lipinski definition) is 3. The number of piperazine rings is 1. The first-order chi connectivity index (χ1) is 14.3. The topological polar surface area (TPSA) is 31.7 Å². The van der Waals surface area contributed by atoms with Gasteiger partial charge < -0.3 is 14.4 Å². The predicted molar refractivity (Wildman–Crippen MR) is 109 cm³/mol. The van der Waals surface area contributed by atoms with E-state index in [1.165, 1.54) is 17.8 Å². The Kier molecular flexibility index (Phi) is 5.77. The van der Waals surface area contributed by atoms with Crippen LogP contribution in [0.5, 0.6) is 0 Å². The lowest BCUT2D eigenvalue weighted by Crippen LogP contribution is -2.51. The van der Waals surface area contributed by atoms with Gasteiger partial charge in [-0.15, -0.1) is 0 Å². The van der Waals surface area contributed by atoms with Crippen molar-refractivity contribution in [3.05, 3.63) is 53.9 Å². The van der Waals surface area contributed by atoms with E-state index < -0.39 is 11.7 Å². The zero-order valence-electron chi connectivity index (χ0n) is 17.1. The zero-order chi connectivity index (χ0) is 21.3. The van der Waals surface area contributed by atoms with Crippen molar-refractivity contribution in [2.45, 2.75) is 25.1 Å². The van der Waals surface area contributed by atoms with E-state index in [4.69, 9.17) is 0 Å². The molecule has 162 valence electrons. The molecule has 30 heavy (non-hydrogen) atoms. The number of halogens is 3. The molecule has 0 unspecified atom stereocenters. The molecule has 5 nitrogen and oxygen atoms in total. The van der Waals surface area contributed by atoms with E-state index >= 15 is 0 Å². The number of aromatic nitrogens is 1. The summed E-state index contributed by atoms with van der Waals surface area (Å²) < 4.78 is 41.0. The van der Waals surface area contributed by atoms with Gasteiger partial charge in [-0.25, -0.2) is 0 Å². The van der Waals surface area contributed by atoms with Crippen LogP contribution in [0.2, 0.25) is 0 Å². The van der Waals surface area contributed by atoms with E-state index in [-0.39, 0.29) is 11.9 Å². The van der Waals surface area contributed by atoms with E-state index in [1.807, 2.05) is 29.1 Å². The first-order valence-electron chi connectivity index (χ1n) is 10.4. The van der Waals surface area contributed by atoms with E-state index in [2.05, 4.69) is 15.5 Å². The van der Waals surface area contributed by atoms with Crippen LogP contribution in [-0.2, 0) is 18.0 Å². The first-order valence-corrected chi connectivity index (χ1v) is 10.4. The fourth-order valence-corrected chi connectivity index (χ4v) is 4.54. The molecule has 0 saturated carbocycles. The third-order valence-electron chi connectivity index (χ3n) is 6.20. The molecular weight excluding hydrogens is 393 g/mol. The van der Waals surface area contributed by atoms with Gasteiger partial charge in [0, 0.05) is 50.8 Å². The molecule has 2 aromatic rings. The van der Waals surface area contributed by atoms with Crippen molar-refractivity contribution in [1.82, 2.24) is 14.4 Å². The number of likely N-dealkylation sites (tertiary alicyclic amines) is 1. The van der Waals surface area contributed by atoms with Gasteiger partial charge >= 0.3 is 6.18 Å². The highest BCUT2D eigenvalue weighted by molar-refractivity contribution is 5.78. The molecule has 3 heterocycles.